The number of rotatable bonds is 2. The van der Waals surface area contributed by atoms with Gasteiger partial charge < -0.3 is 0 Å². The van der Waals surface area contributed by atoms with Crippen molar-refractivity contribution in [1.82, 2.24) is 4.98 Å². The Bertz CT molecular complexity index is 573. The predicted octanol–water partition coefficient (Wildman–Crippen LogP) is 1.68. The summed E-state index contributed by atoms with van der Waals surface area (Å²) in [6.07, 6.45) is 2.37. The zero-order chi connectivity index (χ0) is 11.7. The van der Waals surface area contributed by atoms with Crippen molar-refractivity contribution >= 4 is 41.2 Å². The largest absolute Gasteiger partial charge is 0.347 e. The van der Waals surface area contributed by atoms with Crippen LogP contribution in [-0.2, 0) is 19.0 Å². The molecular formula is C6H6Cl2N2O3S2. The number of halogens is 2. The van der Waals surface area contributed by atoms with Crippen molar-refractivity contribution in [1.29, 1.82) is 0 Å². The van der Waals surface area contributed by atoms with Crippen LogP contribution in [0.25, 0.3) is 0 Å². The zero-order valence-electron chi connectivity index (χ0n) is 7.42. The molecule has 1 atom stereocenters. The Labute approximate surface area is 97.2 Å². The Hall–Kier alpha value is -0.370. The van der Waals surface area contributed by atoms with Gasteiger partial charge in [0.2, 0.25) is 0 Å². The standard InChI is InChI=1S/C6H6Cl2N2O3S2/c1-14(11,10-15(8,12)13)6-3-2-5(7)4-9-6/h2-4H,1H3/t14-/m1/s1. The van der Waals surface area contributed by atoms with E-state index in [4.69, 9.17) is 22.3 Å². The van der Waals surface area contributed by atoms with Crippen LogP contribution in [0.2, 0.25) is 5.02 Å². The van der Waals surface area contributed by atoms with Crippen LogP contribution < -0.4 is 0 Å². The van der Waals surface area contributed by atoms with Crippen molar-refractivity contribution < 1.29 is 12.6 Å². The van der Waals surface area contributed by atoms with E-state index in [1.807, 2.05) is 0 Å². The van der Waals surface area contributed by atoms with Gasteiger partial charge in [0.1, 0.15) is 14.8 Å². The molecule has 0 amide bonds. The van der Waals surface area contributed by atoms with Crippen LogP contribution in [0, 0.1) is 0 Å². The second kappa shape index (κ2) is 4.25. The Kier molecular flexibility index (Phi) is 3.59. The van der Waals surface area contributed by atoms with Crippen molar-refractivity contribution in [2.24, 2.45) is 3.77 Å². The van der Waals surface area contributed by atoms with Crippen LogP contribution in [0.1, 0.15) is 0 Å². The maximum Gasteiger partial charge on any atom is 0.347 e. The van der Waals surface area contributed by atoms with Crippen LogP contribution in [0.4, 0.5) is 0 Å². The van der Waals surface area contributed by atoms with Crippen molar-refractivity contribution in [3.8, 4) is 0 Å². The van der Waals surface area contributed by atoms with Gasteiger partial charge in [0.15, 0.2) is 0 Å². The molecule has 1 aromatic rings. The molecule has 9 heteroatoms. The van der Waals surface area contributed by atoms with Gasteiger partial charge >= 0.3 is 9.24 Å². The molecule has 0 bridgehead atoms. The van der Waals surface area contributed by atoms with E-state index in [-0.39, 0.29) is 5.03 Å². The van der Waals surface area contributed by atoms with Gasteiger partial charge in [0.25, 0.3) is 0 Å². The maximum absolute atomic E-state index is 11.8. The second-order valence-electron chi connectivity index (χ2n) is 2.60. The summed E-state index contributed by atoms with van der Waals surface area (Å²) >= 11 is 5.56. The van der Waals surface area contributed by atoms with Gasteiger partial charge in [0.05, 0.1) is 5.02 Å². The molecule has 15 heavy (non-hydrogen) atoms. The quantitative estimate of drug-likeness (QED) is 0.776. The lowest BCUT2D eigenvalue weighted by Crippen LogP contribution is -2.02. The van der Waals surface area contributed by atoms with Crippen LogP contribution in [0.5, 0.6) is 0 Å². The van der Waals surface area contributed by atoms with E-state index in [0.717, 1.165) is 6.26 Å². The summed E-state index contributed by atoms with van der Waals surface area (Å²) in [5.41, 5.74) is 0. The molecule has 0 saturated heterocycles. The fourth-order valence-corrected chi connectivity index (χ4v) is 4.11. The Morgan fingerprint density at radius 3 is 2.33 bits per heavy atom. The van der Waals surface area contributed by atoms with Gasteiger partial charge in [-0.05, 0) is 12.1 Å². The first-order valence-electron chi connectivity index (χ1n) is 3.50. The molecule has 0 N–H and O–H groups in total. The Morgan fingerprint density at radius 2 is 1.93 bits per heavy atom. The molecular weight excluding hydrogens is 283 g/mol. The molecule has 0 unspecified atom stereocenters. The first-order chi connectivity index (χ1) is 6.71. The van der Waals surface area contributed by atoms with Gasteiger partial charge in [-0.25, -0.2) is 9.19 Å². The van der Waals surface area contributed by atoms with Crippen LogP contribution in [-0.4, -0.2) is 23.9 Å². The molecule has 0 aromatic carbocycles. The highest BCUT2D eigenvalue weighted by Gasteiger charge is 2.12. The normalized spacial score (nSPS) is 15.7. The molecule has 0 fully saturated rings. The number of hydrogen-bond acceptors (Lipinski definition) is 4. The molecule has 0 aliphatic heterocycles. The van der Waals surface area contributed by atoms with Gasteiger partial charge in [-0.3, -0.25) is 0 Å². The third-order valence-corrected chi connectivity index (χ3v) is 4.92. The summed E-state index contributed by atoms with van der Waals surface area (Å²) in [6, 6.07) is 2.76. The zero-order valence-corrected chi connectivity index (χ0v) is 10.6. The van der Waals surface area contributed by atoms with Crippen molar-refractivity contribution in [2.75, 3.05) is 6.26 Å². The molecule has 1 rings (SSSR count). The first-order valence-corrected chi connectivity index (χ1v) is 8.07. The van der Waals surface area contributed by atoms with E-state index >= 15 is 0 Å². The van der Waals surface area contributed by atoms with Crippen molar-refractivity contribution in [3.63, 3.8) is 0 Å². The van der Waals surface area contributed by atoms with Crippen LogP contribution in [0.15, 0.2) is 27.1 Å². The predicted molar refractivity (Wildman–Crippen MR) is 58.8 cm³/mol. The Morgan fingerprint density at radius 1 is 1.33 bits per heavy atom. The first kappa shape index (κ1) is 12.7. The average molecular weight is 289 g/mol. The van der Waals surface area contributed by atoms with E-state index in [0.29, 0.717) is 5.02 Å². The smallest absolute Gasteiger partial charge is 0.245 e. The molecule has 0 saturated carbocycles. The number of hydrogen-bond donors (Lipinski definition) is 0. The van der Waals surface area contributed by atoms with Crippen molar-refractivity contribution in [2.45, 2.75) is 5.03 Å². The maximum atomic E-state index is 11.8. The molecule has 84 valence electrons. The molecule has 1 heterocycles. The van der Waals surface area contributed by atoms with Gasteiger partial charge in [-0.2, -0.15) is 8.42 Å². The van der Waals surface area contributed by atoms with E-state index < -0.39 is 19.0 Å². The minimum Gasteiger partial charge on any atom is -0.245 e. The highest BCUT2D eigenvalue weighted by Crippen LogP contribution is 2.14. The minimum atomic E-state index is -4.19. The summed E-state index contributed by atoms with van der Waals surface area (Å²) in [4.78, 5) is 3.71. The molecule has 1 aromatic heterocycles. The molecule has 0 radical (unpaired) electrons. The fourth-order valence-electron chi connectivity index (χ4n) is 0.794. The molecule has 0 aliphatic rings. The summed E-state index contributed by atoms with van der Waals surface area (Å²) < 4.78 is 36.1. The van der Waals surface area contributed by atoms with Gasteiger partial charge in [-0.1, -0.05) is 15.4 Å². The van der Waals surface area contributed by atoms with Gasteiger partial charge in [0, 0.05) is 23.1 Å². The molecule has 5 nitrogen and oxygen atoms in total. The lowest BCUT2D eigenvalue weighted by molar-refractivity contribution is 0.611. The van der Waals surface area contributed by atoms with Gasteiger partial charge in [-0.15, -0.1) is 0 Å². The lowest BCUT2D eigenvalue weighted by Gasteiger charge is -2.00. The summed E-state index contributed by atoms with van der Waals surface area (Å²) in [5.74, 6) is 0. The van der Waals surface area contributed by atoms with E-state index in [2.05, 4.69) is 8.75 Å². The number of pyridine rings is 1. The topological polar surface area (TPSA) is 76.5 Å². The third kappa shape index (κ3) is 3.94. The molecule has 0 aliphatic carbocycles. The van der Waals surface area contributed by atoms with Crippen LogP contribution >= 0.6 is 22.3 Å². The number of aromatic nitrogens is 1. The average Bonchev–Trinajstić information content (AvgIpc) is 2.00. The van der Waals surface area contributed by atoms with E-state index in [9.17, 15) is 12.6 Å². The highest BCUT2D eigenvalue weighted by molar-refractivity contribution is 8.17. The second-order valence-corrected chi connectivity index (χ2v) is 7.65. The lowest BCUT2D eigenvalue weighted by atomic mass is 10.5. The number of nitrogens with zero attached hydrogens (tertiary/aromatic N) is 2. The minimum absolute atomic E-state index is 0.0103. The monoisotopic (exact) mass is 288 g/mol. The van der Waals surface area contributed by atoms with Crippen molar-refractivity contribution in [3.05, 3.63) is 23.4 Å². The summed E-state index contributed by atoms with van der Waals surface area (Å²) in [5, 5.41) is 0.360. The molecule has 0 spiro atoms. The van der Waals surface area contributed by atoms with E-state index in [1.165, 1.54) is 18.3 Å². The Balaban J connectivity index is 3.36. The summed E-state index contributed by atoms with van der Waals surface area (Å²) in [7, 11) is -2.47. The van der Waals surface area contributed by atoms with E-state index in [1.54, 1.807) is 0 Å². The third-order valence-electron chi connectivity index (χ3n) is 1.32. The summed E-state index contributed by atoms with van der Waals surface area (Å²) in [6.45, 7) is 0. The highest BCUT2D eigenvalue weighted by atomic mass is 35.7. The SMILES string of the molecule is C[S@](=O)(=NS(=O)(=O)Cl)c1ccc(Cl)cn1. The fraction of sp³-hybridized carbons (Fsp3) is 0.167. The van der Waals surface area contributed by atoms with Crippen LogP contribution in [0.3, 0.4) is 0 Å².